The van der Waals surface area contributed by atoms with Gasteiger partial charge in [0.15, 0.2) is 0 Å². The van der Waals surface area contributed by atoms with E-state index in [-0.39, 0.29) is 12.5 Å². The minimum absolute atomic E-state index is 0.239. The van der Waals surface area contributed by atoms with E-state index in [2.05, 4.69) is 5.32 Å². The Morgan fingerprint density at radius 3 is 2.56 bits per heavy atom. The van der Waals surface area contributed by atoms with Crippen molar-refractivity contribution in [3.63, 3.8) is 0 Å². The summed E-state index contributed by atoms with van der Waals surface area (Å²) in [6.07, 6.45) is 1.21. The van der Waals surface area contributed by atoms with Crippen molar-refractivity contribution in [1.82, 2.24) is 5.32 Å². The highest BCUT2D eigenvalue weighted by molar-refractivity contribution is 6.34. The Bertz CT molecular complexity index is 428. The lowest BCUT2D eigenvalue weighted by Crippen LogP contribution is -2.42. The third-order valence-electron chi connectivity index (χ3n) is 3.33. The van der Waals surface area contributed by atoms with Gasteiger partial charge in [-0.25, -0.2) is 0 Å². The number of halogens is 1. The molecular weight excluding hydrogens is 250 g/mol. The molecule has 4 heteroatoms. The number of carbonyl (C=O) groups excluding carboxylic acids is 1. The molecule has 3 nitrogen and oxygen atoms in total. The third kappa shape index (κ3) is 3.47. The molecule has 1 rings (SSSR count). The van der Waals surface area contributed by atoms with Crippen LogP contribution in [-0.2, 0) is 0 Å². The Balaban J connectivity index is 2.75. The highest BCUT2D eigenvalue weighted by atomic mass is 35.5. The van der Waals surface area contributed by atoms with E-state index in [1.807, 2.05) is 26.8 Å². The fourth-order valence-corrected chi connectivity index (χ4v) is 1.87. The fraction of sp³-hybridized carbons (Fsp3) is 0.500. The van der Waals surface area contributed by atoms with E-state index in [0.29, 0.717) is 23.4 Å². The highest BCUT2D eigenvalue weighted by Crippen LogP contribution is 2.20. The second kappa shape index (κ2) is 6.21. The van der Waals surface area contributed by atoms with E-state index in [4.69, 9.17) is 11.6 Å². The van der Waals surface area contributed by atoms with Gasteiger partial charge < -0.3 is 10.4 Å². The molecule has 2 N–H and O–H groups in total. The molecule has 1 aromatic rings. The van der Waals surface area contributed by atoms with E-state index in [1.165, 1.54) is 0 Å². The maximum atomic E-state index is 12.0. The Kier molecular flexibility index (Phi) is 5.17. The van der Waals surface area contributed by atoms with Crippen molar-refractivity contribution in [1.29, 1.82) is 0 Å². The summed E-state index contributed by atoms with van der Waals surface area (Å²) in [7, 11) is 0. The zero-order valence-corrected chi connectivity index (χ0v) is 11.8. The number of amides is 1. The molecule has 0 radical (unpaired) electrons. The first-order valence-corrected chi connectivity index (χ1v) is 6.57. The molecule has 0 heterocycles. The second-order valence-electron chi connectivity index (χ2n) is 4.55. The van der Waals surface area contributed by atoms with Crippen LogP contribution in [0.4, 0.5) is 0 Å². The monoisotopic (exact) mass is 269 g/mol. The van der Waals surface area contributed by atoms with Crippen LogP contribution < -0.4 is 5.32 Å². The maximum absolute atomic E-state index is 12.0. The van der Waals surface area contributed by atoms with Crippen LogP contribution in [0.25, 0.3) is 0 Å². The SMILES string of the molecule is CCC(O)(CC)CNC(=O)c1cccc(C)c1Cl. The summed E-state index contributed by atoms with van der Waals surface area (Å²) < 4.78 is 0. The molecule has 0 aliphatic rings. The third-order valence-corrected chi connectivity index (χ3v) is 3.83. The lowest BCUT2D eigenvalue weighted by atomic mass is 9.97. The first kappa shape index (κ1) is 15.0. The van der Waals surface area contributed by atoms with E-state index in [9.17, 15) is 9.90 Å². The molecule has 0 aliphatic carbocycles. The molecule has 0 atom stereocenters. The number of benzene rings is 1. The summed E-state index contributed by atoms with van der Waals surface area (Å²) in [4.78, 5) is 12.0. The molecule has 1 aromatic carbocycles. The molecule has 0 saturated heterocycles. The van der Waals surface area contributed by atoms with Gasteiger partial charge in [-0.15, -0.1) is 0 Å². The first-order chi connectivity index (χ1) is 8.43. The van der Waals surface area contributed by atoms with Gasteiger partial charge in [0, 0.05) is 6.54 Å². The molecule has 0 spiro atoms. The van der Waals surface area contributed by atoms with Gasteiger partial charge in [-0.05, 0) is 31.4 Å². The minimum Gasteiger partial charge on any atom is -0.388 e. The number of hydrogen-bond donors (Lipinski definition) is 2. The van der Waals surface area contributed by atoms with Crippen LogP contribution in [0.5, 0.6) is 0 Å². The van der Waals surface area contributed by atoms with Gasteiger partial charge in [0.2, 0.25) is 0 Å². The topological polar surface area (TPSA) is 49.3 Å². The summed E-state index contributed by atoms with van der Waals surface area (Å²) in [6.45, 7) is 5.89. The Labute approximate surface area is 113 Å². The summed E-state index contributed by atoms with van der Waals surface area (Å²) in [5.74, 6) is -0.246. The second-order valence-corrected chi connectivity index (χ2v) is 4.93. The van der Waals surface area contributed by atoms with Gasteiger partial charge in [-0.2, -0.15) is 0 Å². The Morgan fingerprint density at radius 2 is 2.00 bits per heavy atom. The minimum atomic E-state index is -0.841. The average Bonchev–Trinajstić information content (AvgIpc) is 2.39. The lowest BCUT2D eigenvalue weighted by Gasteiger charge is -2.25. The van der Waals surface area contributed by atoms with Crippen LogP contribution in [0.15, 0.2) is 18.2 Å². The molecule has 0 fully saturated rings. The number of carbonyl (C=O) groups is 1. The number of rotatable bonds is 5. The van der Waals surface area contributed by atoms with Crippen LogP contribution in [0.1, 0.15) is 42.6 Å². The summed E-state index contributed by atoms with van der Waals surface area (Å²) >= 11 is 6.08. The number of hydrogen-bond acceptors (Lipinski definition) is 2. The number of aryl methyl sites for hydroxylation is 1. The first-order valence-electron chi connectivity index (χ1n) is 6.19. The molecule has 0 saturated carbocycles. The Hall–Kier alpha value is -1.06. The van der Waals surface area contributed by atoms with Gasteiger partial charge in [0.1, 0.15) is 0 Å². The van der Waals surface area contributed by atoms with Crippen molar-refractivity contribution in [3.05, 3.63) is 34.3 Å². The van der Waals surface area contributed by atoms with Crippen LogP contribution in [0, 0.1) is 6.92 Å². The maximum Gasteiger partial charge on any atom is 0.252 e. The molecule has 100 valence electrons. The quantitative estimate of drug-likeness (QED) is 0.863. The van der Waals surface area contributed by atoms with Gasteiger partial charge in [-0.3, -0.25) is 4.79 Å². The standard InChI is InChI=1S/C14H20ClNO2/c1-4-14(18,5-2)9-16-13(17)11-8-6-7-10(3)12(11)15/h6-8,18H,4-5,9H2,1-3H3,(H,16,17). The van der Waals surface area contributed by atoms with Crippen LogP contribution in [0.2, 0.25) is 5.02 Å². The lowest BCUT2D eigenvalue weighted by molar-refractivity contribution is 0.0314. The zero-order valence-electron chi connectivity index (χ0n) is 11.1. The molecule has 0 bridgehead atoms. The molecule has 0 aliphatic heterocycles. The van der Waals surface area contributed by atoms with Crippen molar-refractivity contribution in [3.8, 4) is 0 Å². The predicted molar refractivity (Wildman–Crippen MR) is 74.1 cm³/mol. The zero-order chi connectivity index (χ0) is 13.8. The van der Waals surface area contributed by atoms with Crippen molar-refractivity contribution >= 4 is 17.5 Å². The molecular formula is C14H20ClNO2. The van der Waals surface area contributed by atoms with Gasteiger partial charge >= 0.3 is 0 Å². The summed E-state index contributed by atoms with van der Waals surface area (Å²) in [5.41, 5.74) is 0.475. The van der Waals surface area contributed by atoms with Crippen LogP contribution in [0.3, 0.4) is 0 Å². The molecule has 0 aromatic heterocycles. The van der Waals surface area contributed by atoms with Gasteiger partial charge in [-0.1, -0.05) is 37.6 Å². The van der Waals surface area contributed by atoms with Crippen molar-refractivity contribution < 1.29 is 9.90 Å². The summed E-state index contributed by atoms with van der Waals surface area (Å²) in [5, 5.41) is 13.3. The number of nitrogens with one attached hydrogen (secondary N) is 1. The van der Waals surface area contributed by atoms with Crippen molar-refractivity contribution in [2.45, 2.75) is 39.2 Å². The van der Waals surface area contributed by atoms with Gasteiger partial charge in [0.25, 0.3) is 5.91 Å². The summed E-state index contributed by atoms with van der Waals surface area (Å²) in [6, 6.07) is 5.33. The smallest absolute Gasteiger partial charge is 0.252 e. The molecule has 1 amide bonds. The van der Waals surface area contributed by atoms with E-state index in [1.54, 1.807) is 12.1 Å². The van der Waals surface area contributed by atoms with Crippen molar-refractivity contribution in [2.24, 2.45) is 0 Å². The highest BCUT2D eigenvalue weighted by Gasteiger charge is 2.23. The van der Waals surface area contributed by atoms with Crippen molar-refractivity contribution in [2.75, 3.05) is 6.54 Å². The van der Waals surface area contributed by atoms with E-state index >= 15 is 0 Å². The van der Waals surface area contributed by atoms with E-state index < -0.39 is 5.60 Å². The molecule has 0 unspecified atom stereocenters. The Morgan fingerprint density at radius 1 is 1.39 bits per heavy atom. The fourth-order valence-electron chi connectivity index (χ4n) is 1.66. The predicted octanol–water partition coefficient (Wildman–Crippen LogP) is 2.93. The van der Waals surface area contributed by atoms with E-state index in [0.717, 1.165) is 5.56 Å². The average molecular weight is 270 g/mol. The van der Waals surface area contributed by atoms with Crippen LogP contribution >= 0.6 is 11.6 Å². The number of aliphatic hydroxyl groups is 1. The largest absolute Gasteiger partial charge is 0.388 e. The molecule has 18 heavy (non-hydrogen) atoms. The normalized spacial score (nSPS) is 11.4. The van der Waals surface area contributed by atoms with Crippen LogP contribution in [-0.4, -0.2) is 23.2 Å². The van der Waals surface area contributed by atoms with Gasteiger partial charge in [0.05, 0.1) is 16.2 Å².